The standard InChI is InChI=1S/C16H17N3O5/c1-2-22-16(21)15(20)18-11-7-17-19(8-11)9-12-10-23-13-5-3-4-6-14(13)24-12/h3-8,12H,2,9-10H2,1H3,(H,18,20). The Hall–Kier alpha value is -3.03. The molecule has 0 spiro atoms. The van der Waals surface area contributed by atoms with Crippen molar-refractivity contribution >= 4 is 17.6 Å². The van der Waals surface area contributed by atoms with Crippen LogP contribution in [0.15, 0.2) is 36.7 Å². The molecule has 24 heavy (non-hydrogen) atoms. The molecule has 8 nitrogen and oxygen atoms in total. The van der Waals surface area contributed by atoms with Gasteiger partial charge in [-0.25, -0.2) is 4.79 Å². The van der Waals surface area contributed by atoms with Crippen LogP contribution in [0.1, 0.15) is 6.92 Å². The Morgan fingerprint density at radius 3 is 2.96 bits per heavy atom. The number of para-hydroxylation sites is 2. The third kappa shape index (κ3) is 3.65. The van der Waals surface area contributed by atoms with Gasteiger partial charge in [0.2, 0.25) is 0 Å². The number of fused-ring (bicyclic) bond motifs is 1. The zero-order valence-corrected chi connectivity index (χ0v) is 13.1. The highest BCUT2D eigenvalue weighted by atomic mass is 16.6. The number of hydrogen-bond donors (Lipinski definition) is 1. The molecule has 0 saturated heterocycles. The van der Waals surface area contributed by atoms with Crippen LogP contribution in [0.4, 0.5) is 5.69 Å². The highest BCUT2D eigenvalue weighted by molar-refractivity contribution is 6.37. The van der Waals surface area contributed by atoms with E-state index >= 15 is 0 Å². The molecule has 0 aliphatic carbocycles. The molecule has 2 aromatic rings. The molecule has 1 N–H and O–H groups in total. The van der Waals surface area contributed by atoms with Crippen LogP contribution in [0.2, 0.25) is 0 Å². The Kier molecular flexibility index (Phi) is 4.64. The van der Waals surface area contributed by atoms with E-state index in [1.165, 1.54) is 6.20 Å². The fourth-order valence-electron chi connectivity index (χ4n) is 2.27. The van der Waals surface area contributed by atoms with Gasteiger partial charge in [-0.3, -0.25) is 9.48 Å². The lowest BCUT2D eigenvalue weighted by molar-refractivity contribution is -0.152. The van der Waals surface area contributed by atoms with Crippen molar-refractivity contribution in [2.45, 2.75) is 19.6 Å². The fourth-order valence-corrected chi connectivity index (χ4v) is 2.27. The molecule has 1 aromatic heterocycles. The summed E-state index contributed by atoms with van der Waals surface area (Å²) >= 11 is 0. The van der Waals surface area contributed by atoms with Crippen LogP contribution >= 0.6 is 0 Å². The van der Waals surface area contributed by atoms with Crippen molar-refractivity contribution in [2.24, 2.45) is 0 Å². The summed E-state index contributed by atoms with van der Waals surface area (Å²) < 4.78 is 17.7. The topological polar surface area (TPSA) is 91.7 Å². The summed E-state index contributed by atoms with van der Waals surface area (Å²) in [5.41, 5.74) is 0.408. The Labute approximate surface area is 138 Å². The Morgan fingerprint density at radius 1 is 1.38 bits per heavy atom. The van der Waals surface area contributed by atoms with Gasteiger partial charge in [-0.05, 0) is 19.1 Å². The number of nitrogens with one attached hydrogen (secondary N) is 1. The van der Waals surface area contributed by atoms with Crippen molar-refractivity contribution in [2.75, 3.05) is 18.5 Å². The van der Waals surface area contributed by atoms with E-state index in [0.717, 1.165) is 5.75 Å². The summed E-state index contributed by atoms with van der Waals surface area (Å²) in [5.74, 6) is -0.346. The van der Waals surface area contributed by atoms with Crippen molar-refractivity contribution in [3.8, 4) is 11.5 Å². The van der Waals surface area contributed by atoms with Gasteiger partial charge in [-0.2, -0.15) is 5.10 Å². The maximum Gasteiger partial charge on any atom is 0.397 e. The van der Waals surface area contributed by atoms with Crippen LogP contribution in [-0.2, 0) is 20.9 Å². The number of nitrogens with zero attached hydrogens (tertiary/aromatic N) is 2. The van der Waals surface area contributed by atoms with Crippen molar-refractivity contribution in [1.29, 1.82) is 0 Å². The number of hydrogen-bond acceptors (Lipinski definition) is 6. The first-order valence-corrected chi connectivity index (χ1v) is 7.54. The highest BCUT2D eigenvalue weighted by Crippen LogP contribution is 2.31. The molecule has 126 valence electrons. The minimum Gasteiger partial charge on any atom is -0.486 e. The van der Waals surface area contributed by atoms with Crippen LogP contribution in [0.5, 0.6) is 11.5 Å². The lowest BCUT2D eigenvalue weighted by Crippen LogP contribution is -2.33. The van der Waals surface area contributed by atoms with Gasteiger partial charge in [0.15, 0.2) is 17.6 Å². The maximum absolute atomic E-state index is 11.6. The average Bonchev–Trinajstić information content (AvgIpc) is 3.02. The third-order valence-corrected chi connectivity index (χ3v) is 3.31. The van der Waals surface area contributed by atoms with Crippen LogP contribution in [0.25, 0.3) is 0 Å². The quantitative estimate of drug-likeness (QED) is 0.669. The second-order valence-electron chi connectivity index (χ2n) is 5.12. The molecular weight excluding hydrogens is 314 g/mol. The molecule has 0 saturated carbocycles. The van der Waals surface area contributed by atoms with E-state index in [0.29, 0.717) is 24.6 Å². The zero-order chi connectivity index (χ0) is 16.9. The summed E-state index contributed by atoms with van der Waals surface area (Å²) in [4.78, 5) is 22.9. The summed E-state index contributed by atoms with van der Waals surface area (Å²) in [7, 11) is 0. The Balaban J connectivity index is 1.57. The molecule has 8 heteroatoms. The van der Waals surface area contributed by atoms with Gasteiger partial charge >= 0.3 is 11.9 Å². The van der Waals surface area contributed by atoms with Crippen molar-refractivity contribution in [3.05, 3.63) is 36.7 Å². The molecule has 3 rings (SSSR count). The van der Waals surface area contributed by atoms with Crippen LogP contribution in [0, 0.1) is 0 Å². The highest BCUT2D eigenvalue weighted by Gasteiger charge is 2.22. The molecule has 0 bridgehead atoms. The first kappa shape index (κ1) is 15.9. The van der Waals surface area contributed by atoms with Gasteiger partial charge in [0.25, 0.3) is 0 Å². The number of esters is 1. The summed E-state index contributed by atoms with van der Waals surface area (Å²) in [5, 5.41) is 6.57. The monoisotopic (exact) mass is 331 g/mol. The number of anilines is 1. The number of benzene rings is 1. The molecular formula is C16H17N3O5. The average molecular weight is 331 g/mol. The lowest BCUT2D eigenvalue weighted by Gasteiger charge is -2.26. The Bertz CT molecular complexity index is 743. The first-order valence-electron chi connectivity index (χ1n) is 7.54. The van der Waals surface area contributed by atoms with Gasteiger partial charge in [-0.15, -0.1) is 0 Å². The maximum atomic E-state index is 11.6. The van der Waals surface area contributed by atoms with Crippen LogP contribution in [0.3, 0.4) is 0 Å². The smallest absolute Gasteiger partial charge is 0.397 e. The van der Waals surface area contributed by atoms with Gasteiger partial charge in [0, 0.05) is 6.20 Å². The number of amides is 1. The normalized spacial score (nSPS) is 15.6. The van der Waals surface area contributed by atoms with E-state index in [1.54, 1.807) is 17.8 Å². The molecule has 0 radical (unpaired) electrons. The predicted octanol–water partition coefficient (Wildman–Crippen LogP) is 1.22. The van der Waals surface area contributed by atoms with Crippen LogP contribution in [-0.4, -0.2) is 41.0 Å². The molecule has 1 aromatic carbocycles. The van der Waals surface area contributed by atoms with E-state index in [2.05, 4.69) is 15.2 Å². The number of rotatable bonds is 4. The van der Waals surface area contributed by atoms with E-state index in [-0.39, 0.29) is 12.7 Å². The molecule has 1 unspecified atom stereocenters. The largest absolute Gasteiger partial charge is 0.486 e. The molecule has 1 atom stereocenters. The first-order chi connectivity index (χ1) is 11.7. The van der Waals surface area contributed by atoms with Gasteiger partial charge in [-0.1, -0.05) is 12.1 Å². The minimum atomic E-state index is -0.925. The van der Waals surface area contributed by atoms with E-state index in [4.69, 9.17) is 9.47 Å². The fraction of sp³-hybridized carbons (Fsp3) is 0.312. The van der Waals surface area contributed by atoms with E-state index in [9.17, 15) is 9.59 Å². The second kappa shape index (κ2) is 7.03. The summed E-state index contributed by atoms with van der Waals surface area (Å²) in [6, 6.07) is 7.45. The molecule has 1 aliphatic rings. The molecule has 2 heterocycles. The van der Waals surface area contributed by atoms with Gasteiger partial charge in [0.05, 0.1) is 25.0 Å². The van der Waals surface area contributed by atoms with Crippen molar-refractivity contribution in [1.82, 2.24) is 9.78 Å². The number of carbonyl (C=O) groups is 2. The molecule has 1 amide bonds. The predicted molar refractivity (Wildman–Crippen MR) is 83.8 cm³/mol. The van der Waals surface area contributed by atoms with E-state index < -0.39 is 11.9 Å². The second-order valence-corrected chi connectivity index (χ2v) is 5.12. The Morgan fingerprint density at radius 2 is 2.17 bits per heavy atom. The lowest BCUT2D eigenvalue weighted by atomic mass is 10.2. The number of ether oxygens (including phenoxy) is 3. The minimum absolute atomic E-state index is 0.145. The van der Waals surface area contributed by atoms with Gasteiger partial charge < -0.3 is 19.5 Å². The zero-order valence-electron chi connectivity index (χ0n) is 13.1. The molecule has 1 aliphatic heterocycles. The van der Waals surface area contributed by atoms with Crippen LogP contribution < -0.4 is 14.8 Å². The molecule has 0 fully saturated rings. The SMILES string of the molecule is CCOC(=O)C(=O)Nc1cnn(CC2COc3ccccc3O2)c1. The number of carbonyl (C=O) groups excluding carboxylic acids is 2. The summed E-state index contributed by atoms with van der Waals surface area (Å²) in [6.45, 7) is 2.63. The van der Waals surface area contributed by atoms with Gasteiger partial charge in [0.1, 0.15) is 6.61 Å². The van der Waals surface area contributed by atoms with E-state index in [1.807, 2.05) is 24.3 Å². The third-order valence-electron chi connectivity index (χ3n) is 3.31. The summed E-state index contributed by atoms with van der Waals surface area (Å²) in [6.07, 6.45) is 2.86. The van der Waals surface area contributed by atoms with Crippen molar-refractivity contribution < 1.29 is 23.8 Å². The number of aromatic nitrogens is 2. The van der Waals surface area contributed by atoms with Crippen molar-refractivity contribution in [3.63, 3.8) is 0 Å².